The summed E-state index contributed by atoms with van der Waals surface area (Å²) in [6, 6.07) is 4.01. The van der Waals surface area contributed by atoms with Gasteiger partial charge in [-0.2, -0.15) is 0 Å². The molecule has 0 unspecified atom stereocenters. The molecule has 1 aromatic carbocycles. The number of fused-ring (bicyclic) bond motifs is 1. The summed E-state index contributed by atoms with van der Waals surface area (Å²) in [6.07, 6.45) is 1.54. The Morgan fingerprint density at radius 1 is 1.20 bits per heavy atom. The molecule has 1 heterocycles. The molecular weight excluding hydrogens is 210 g/mol. The van der Waals surface area contributed by atoms with Crippen LogP contribution in [0.5, 0.6) is 0 Å². The lowest BCUT2D eigenvalue weighted by molar-refractivity contribution is 0.599. The van der Waals surface area contributed by atoms with E-state index in [1.807, 2.05) is 13.0 Å². The van der Waals surface area contributed by atoms with Crippen LogP contribution in [0.15, 0.2) is 12.1 Å². The smallest absolute Gasteiger partial charge is 0.232 e. The van der Waals surface area contributed by atoms with Crippen LogP contribution in [-0.4, -0.2) is 14.2 Å². The molecule has 0 amide bonds. The van der Waals surface area contributed by atoms with Gasteiger partial charge in [0, 0.05) is 0 Å². The Hall–Kier alpha value is -1.03. The number of hydrogen-bond acceptors (Lipinski definition) is 2. The first-order valence-electron chi connectivity index (χ1n) is 5.08. The number of sulfonamides is 1. The van der Waals surface area contributed by atoms with E-state index >= 15 is 0 Å². The third-order valence-corrected chi connectivity index (χ3v) is 4.20. The first kappa shape index (κ1) is 10.5. The average Bonchev–Trinajstić information content (AvgIpc) is 2.24. The largest absolute Gasteiger partial charge is 0.283 e. The number of hydrogen-bond donors (Lipinski definition) is 1. The maximum absolute atomic E-state index is 11.5. The van der Waals surface area contributed by atoms with Crippen LogP contribution in [0.3, 0.4) is 0 Å². The van der Waals surface area contributed by atoms with Crippen molar-refractivity contribution in [3.8, 4) is 0 Å². The minimum Gasteiger partial charge on any atom is -0.283 e. The van der Waals surface area contributed by atoms with E-state index in [1.165, 1.54) is 5.56 Å². The first-order chi connectivity index (χ1) is 6.98. The molecular formula is C11H15NO2S. The average molecular weight is 225 g/mol. The highest BCUT2D eigenvalue weighted by Gasteiger charge is 2.18. The summed E-state index contributed by atoms with van der Waals surface area (Å²) in [5.74, 6) is 0.222. The fraction of sp³-hybridized carbons (Fsp3) is 0.455. The third kappa shape index (κ3) is 2.15. The number of rotatable bonds is 0. The van der Waals surface area contributed by atoms with Crippen LogP contribution in [0.2, 0.25) is 0 Å². The van der Waals surface area contributed by atoms with Crippen molar-refractivity contribution in [2.75, 3.05) is 10.5 Å². The summed E-state index contributed by atoms with van der Waals surface area (Å²) < 4.78 is 25.7. The van der Waals surface area contributed by atoms with Gasteiger partial charge in [0.05, 0.1) is 11.4 Å². The zero-order chi connectivity index (χ0) is 11.1. The second kappa shape index (κ2) is 3.52. The molecule has 1 aliphatic heterocycles. The van der Waals surface area contributed by atoms with Gasteiger partial charge in [0.25, 0.3) is 0 Å². The molecule has 82 valence electrons. The molecule has 1 aliphatic rings. The van der Waals surface area contributed by atoms with Gasteiger partial charge in [0.1, 0.15) is 0 Å². The van der Waals surface area contributed by atoms with E-state index < -0.39 is 10.0 Å². The number of benzene rings is 1. The van der Waals surface area contributed by atoms with Crippen molar-refractivity contribution in [3.05, 3.63) is 28.8 Å². The van der Waals surface area contributed by atoms with Crippen molar-refractivity contribution in [1.82, 2.24) is 0 Å². The summed E-state index contributed by atoms with van der Waals surface area (Å²) in [4.78, 5) is 0. The first-order valence-corrected chi connectivity index (χ1v) is 6.74. The van der Waals surface area contributed by atoms with Crippen molar-refractivity contribution in [2.24, 2.45) is 0 Å². The lowest BCUT2D eigenvalue weighted by Crippen LogP contribution is -2.14. The minimum absolute atomic E-state index is 0.222. The summed E-state index contributed by atoms with van der Waals surface area (Å²) in [6.45, 7) is 4.05. The van der Waals surface area contributed by atoms with Gasteiger partial charge in [-0.1, -0.05) is 6.07 Å². The van der Waals surface area contributed by atoms with Gasteiger partial charge in [-0.3, -0.25) is 4.72 Å². The molecule has 2 rings (SSSR count). The lowest BCUT2D eigenvalue weighted by Gasteiger charge is -2.10. The van der Waals surface area contributed by atoms with Crippen molar-refractivity contribution in [2.45, 2.75) is 26.7 Å². The molecule has 4 heteroatoms. The van der Waals surface area contributed by atoms with E-state index in [9.17, 15) is 8.42 Å². The maximum Gasteiger partial charge on any atom is 0.232 e. The Labute approximate surface area is 90.6 Å². The second-order valence-electron chi connectivity index (χ2n) is 4.12. The Morgan fingerprint density at radius 3 is 2.60 bits per heavy atom. The molecule has 0 bridgehead atoms. The second-order valence-corrected chi connectivity index (χ2v) is 5.96. The van der Waals surface area contributed by atoms with E-state index in [2.05, 4.69) is 17.7 Å². The highest BCUT2D eigenvalue weighted by atomic mass is 32.2. The Bertz CT molecular complexity index is 492. The van der Waals surface area contributed by atoms with Gasteiger partial charge in [0.2, 0.25) is 10.0 Å². The molecule has 0 saturated carbocycles. The van der Waals surface area contributed by atoms with Crippen LogP contribution < -0.4 is 4.72 Å². The van der Waals surface area contributed by atoms with Gasteiger partial charge in [-0.25, -0.2) is 8.42 Å². The number of anilines is 1. The highest BCUT2D eigenvalue weighted by molar-refractivity contribution is 7.92. The standard InChI is InChI=1S/C11H15NO2S/c1-8-6-10-4-3-5-15(13,14)12-11(10)7-9(8)2/h6-7,12H,3-5H2,1-2H3. The van der Waals surface area contributed by atoms with Crippen molar-refractivity contribution < 1.29 is 8.42 Å². The molecule has 0 aromatic heterocycles. The molecule has 0 saturated heterocycles. The fourth-order valence-electron chi connectivity index (χ4n) is 1.85. The van der Waals surface area contributed by atoms with Crippen molar-refractivity contribution >= 4 is 15.7 Å². The van der Waals surface area contributed by atoms with Crippen molar-refractivity contribution in [3.63, 3.8) is 0 Å². The normalized spacial score (nSPS) is 18.8. The van der Waals surface area contributed by atoms with Crippen LogP contribution >= 0.6 is 0 Å². The molecule has 0 spiro atoms. The lowest BCUT2D eigenvalue weighted by atomic mass is 10.0. The number of nitrogens with one attached hydrogen (secondary N) is 1. The van der Waals surface area contributed by atoms with E-state index in [4.69, 9.17) is 0 Å². The summed E-state index contributed by atoms with van der Waals surface area (Å²) >= 11 is 0. The van der Waals surface area contributed by atoms with Gasteiger partial charge in [-0.15, -0.1) is 0 Å². The van der Waals surface area contributed by atoms with Crippen LogP contribution in [0, 0.1) is 13.8 Å². The monoisotopic (exact) mass is 225 g/mol. The summed E-state index contributed by atoms with van der Waals surface area (Å²) in [7, 11) is -3.11. The molecule has 0 radical (unpaired) electrons. The van der Waals surface area contributed by atoms with Crippen LogP contribution in [0.25, 0.3) is 0 Å². The topological polar surface area (TPSA) is 46.2 Å². The molecule has 0 aliphatic carbocycles. The Morgan fingerprint density at radius 2 is 1.87 bits per heavy atom. The van der Waals surface area contributed by atoms with Gasteiger partial charge < -0.3 is 0 Å². The molecule has 0 fully saturated rings. The molecule has 1 aromatic rings. The summed E-state index contributed by atoms with van der Waals surface area (Å²) in [5.41, 5.74) is 4.21. The quantitative estimate of drug-likeness (QED) is 0.734. The van der Waals surface area contributed by atoms with Crippen LogP contribution in [-0.2, 0) is 16.4 Å². The van der Waals surface area contributed by atoms with E-state index in [0.29, 0.717) is 6.42 Å². The fourth-order valence-corrected chi connectivity index (χ4v) is 3.00. The Balaban J connectivity index is 2.53. The van der Waals surface area contributed by atoms with Gasteiger partial charge in [-0.05, 0) is 49.4 Å². The van der Waals surface area contributed by atoms with E-state index in [-0.39, 0.29) is 5.75 Å². The molecule has 1 N–H and O–H groups in total. The molecule has 3 nitrogen and oxygen atoms in total. The zero-order valence-electron chi connectivity index (χ0n) is 9.00. The van der Waals surface area contributed by atoms with E-state index in [1.54, 1.807) is 0 Å². The zero-order valence-corrected chi connectivity index (χ0v) is 9.82. The van der Waals surface area contributed by atoms with Crippen LogP contribution in [0.1, 0.15) is 23.1 Å². The predicted octanol–water partition coefficient (Wildman–Crippen LogP) is 1.99. The SMILES string of the molecule is Cc1cc2c(cc1C)NS(=O)(=O)CCC2. The molecule has 15 heavy (non-hydrogen) atoms. The summed E-state index contributed by atoms with van der Waals surface area (Å²) in [5, 5.41) is 0. The van der Waals surface area contributed by atoms with Crippen molar-refractivity contribution in [1.29, 1.82) is 0 Å². The predicted molar refractivity (Wildman–Crippen MR) is 61.6 cm³/mol. The van der Waals surface area contributed by atoms with Crippen LogP contribution in [0.4, 0.5) is 5.69 Å². The van der Waals surface area contributed by atoms with Gasteiger partial charge in [0.15, 0.2) is 0 Å². The highest BCUT2D eigenvalue weighted by Crippen LogP contribution is 2.25. The third-order valence-electron chi connectivity index (χ3n) is 2.84. The molecule has 0 atom stereocenters. The Kier molecular flexibility index (Phi) is 2.46. The van der Waals surface area contributed by atoms with Gasteiger partial charge >= 0.3 is 0 Å². The maximum atomic E-state index is 11.5. The number of aryl methyl sites for hydroxylation is 3. The van der Waals surface area contributed by atoms with E-state index in [0.717, 1.165) is 23.2 Å². The minimum atomic E-state index is -3.11.